The summed E-state index contributed by atoms with van der Waals surface area (Å²) < 4.78 is 7.75. The second kappa shape index (κ2) is 7.94. The lowest BCUT2D eigenvalue weighted by Crippen LogP contribution is -2.24. The molecule has 2 aromatic heterocycles. The van der Waals surface area contributed by atoms with Crippen LogP contribution in [-0.4, -0.2) is 32.4 Å². The maximum atomic E-state index is 10.4. The Morgan fingerprint density at radius 1 is 1.04 bits per heavy atom. The van der Waals surface area contributed by atoms with E-state index in [4.69, 9.17) is 4.74 Å². The van der Waals surface area contributed by atoms with E-state index in [1.54, 1.807) is 12.4 Å². The summed E-state index contributed by atoms with van der Waals surface area (Å²) in [5.74, 6) is 1.94. The summed E-state index contributed by atoms with van der Waals surface area (Å²) in [6.07, 6.45) is 4.65. The second-order valence-electron chi connectivity index (χ2n) is 6.28. The number of pyridine rings is 1. The van der Waals surface area contributed by atoms with E-state index in [1.807, 2.05) is 47.2 Å². The van der Waals surface area contributed by atoms with Crippen LogP contribution >= 0.6 is 0 Å². The summed E-state index contributed by atoms with van der Waals surface area (Å²) in [5, 5.41) is 10.4. The molecule has 0 aliphatic rings. The summed E-state index contributed by atoms with van der Waals surface area (Å²) in [5.41, 5.74) is 1.93. The Morgan fingerprint density at radius 3 is 2.60 bits per heavy atom. The minimum Gasteiger partial charge on any atom is -0.491 e. The molecule has 130 valence electrons. The molecule has 1 unspecified atom stereocenters. The first kappa shape index (κ1) is 17.2. The summed E-state index contributed by atoms with van der Waals surface area (Å²) >= 11 is 0. The SMILES string of the molecule is CC(C)c1ccccc1OCC(O)Cn1ccnc1-c1ccccn1. The summed E-state index contributed by atoms with van der Waals surface area (Å²) in [4.78, 5) is 8.66. The zero-order chi connectivity index (χ0) is 17.6. The fourth-order valence-corrected chi connectivity index (χ4v) is 2.74. The molecule has 0 fully saturated rings. The molecule has 0 amide bonds. The van der Waals surface area contributed by atoms with Crippen molar-refractivity contribution in [2.75, 3.05) is 6.61 Å². The van der Waals surface area contributed by atoms with Crippen LogP contribution in [-0.2, 0) is 6.54 Å². The number of benzene rings is 1. The largest absolute Gasteiger partial charge is 0.491 e. The number of imidazole rings is 1. The van der Waals surface area contributed by atoms with Crippen molar-refractivity contribution in [2.24, 2.45) is 0 Å². The van der Waals surface area contributed by atoms with Gasteiger partial charge in [0.25, 0.3) is 0 Å². The van der Waals surface area contributed by atoms with Gasteiger partial charge in [0.1, 0.15) is 24.2 Å². The standard InChI is InChI=1S/C20H23N3O2/c1-15(2)17-7-3-4-9-19(17)25-14-16(24)13-23-12-11-22-20(23)18-8-5-6-10-21-18/h3-12,15-16,24H,13-14H2,1-2H3. The molecule has 0 spiro atoms. The molecule has 0 aliphatic carbocycles. The van der Waals surface area contributed by atoms with Gasteiger partial charge in [-0.25, -0.2) is 4.98 Å². The fourth-order valence-electron chi connectivity index (χ4n) is 2.74. The van der Waals surface area contributed by atoms with Crippen LogP contribution in [0.4, 0.5) is 0 Å². The van der Waals surface area contributed by atoms with Gasteiger partial charge in [-0.2, -0.15) is 0 Å². The first-order valence-corrected chi connectivity index (χ1v) is 8.47. The number of hydrogen-bond donors (Lipinski definition) is 1. The lowest BCUT2D eigenvalue weighted by molar-refractivity contribution is 0.0922. The quantitative estimate of drug-likeness (QED) is 0.717. The summed E-state index contributed by atoms with van der Waals surface area (Å²) in [7, 11) is 0. The van der Waals surface area contributed by atoms with E-state index in [1.165, 1.54) is 0 Å². The zero-order valence-corrected chi connectivity index (χ0v) is 14.5. The molecule has 3 aromatic rings. The van der Waals surface area contributed by atoms with Gasteiger partial charge in [-0.05, 0) is 29.7 Å². The van der Waals surface area contributed by atoms with Crippen LogP contribution in [0, 0.1) is 0 Å². The Labute approximate surface area is 148 Å². The molecular formula is C20H23N3O2. The van der Waals surface area contributed by atoms with Crippen LogP contribution in [0.15, 0.2) is 61.1 Å². The Kier molecular flexibility index (Phi) is 5.46. The fraction of sp³-hybridized carbons (Fsp3) is 0.300. The number of para-hydroxylation sites is 1. The van der Waals surface area contributed by atoms with Crippen molar-refractivity contribution in [1.82, 2.24) is 14.5 Å². The first-order valence-electron chi connectivity index (χ1n) is 8.47. The van der Waals surface area contributed by atoms with Crippen LogP contribution in [0.3, 0.4) is 0 Å². The predicted octanol–water partition coefficient (Wildman–Crippen LogP) is 3.51. The van der Waals surface area contributed by atoms with Crippen molar-refractivity contribution in [1.29, 1.82) is 0 Å². The van der Waals surface area contributed by atoms with Crippen molar-refractivity contribution < 1.29 is 9.84 Å². The number of aliphatic hydroxyl groups excluding tert-OH is 1. The molecule has 25 heavy (non-hydrogen) atoms. The van der Waals surface area contributed by atoms with E-state index in [0.29, 0.717) is 12.5 Å². The Morgan fingerprint density at radius 2 is 1.84 bits per heavy atom. The highest BCUT2D eigenvalue weighted by atomic mass is 16.5. The third kappa shape index (κ3) is 4.25. The maximum absolute atomic E-state index is 10.4. The Hall–Kier alpha value is -2.66. The minimum absolute atomic E-state index is 0.226. The topological polar surface area (TPSA) is 60.2 Å². The van der Waals surface area contributed by atoms with Crippen molar-refractivity contribution >= 4 is 0 Å². The van der Waals surface area contributed by atoms with Crippen molar-refractivity contribution in [3.05, 3.63) is 66.6 Å². The molecule has 1 atom stereocenters. The summed E-state index contributed by atoms with van der Waals surface area (Å²) in [6, 6.07) is 13.6. The lowest BCUT2D eigenvalue weighted by atomic mass is 10.0. The van der Waals surface area contributed by atoms with E-state index < -0.39 is 6.10 Å². The van der Waals surface area contributed by atoms with Gasteiger partial charge in [-0.3, -0.25) is 4.98 Å². The molecule has 0 aliphatic heterocycles. The number of hydrogen-bond acceptors (Lipinski definition) is 4. The highest BCUT2D eigenvalue weighted by Crippen LogP contribution is 2.26. The Balaban J connectivity index is 1.65. The van der Waals surface area contributed by atoms with Crippen molar-refractivity contribution in [3.8, 4) is 17.3 Å². The number of ether oxygens (including phenoxy) is 1. The monoisotopic (exact) mass is 337 g/mol. The van der Waals surface area contributed by atoms with Crippen molar-refractivity contribution in [3.63, 3.8) is 0 Å². The van der Waals surface area contributed by atoms with Crippen LogP contribution in [0.2, 0.25) is 0 Å². The molecular weight excluding hydrogens is 314 g/mol. The molecule has 1 N–H and O–H groups in total. The van der Waals surface area contributed by atoms with Gasteiger partial charge in [0, 0.05) is 18.6 Å². The molecule has 5 heteroatoms. The van der Waals surface area contributed by atoms with Gasteiger partial charge in [0.15, 0.2) is 5.82 Å². The van der Waals surface area contributed by atoms with E-state index in [-0.39, 0.29) is 6.61 Å². The molecule has 5 nitrogen and oxygen atoms in total. The average molecular weight is 337 g/mol. The van der Waals surface area contributed by atoms with Crippen LogP contribution < -0.4 is 4.74 Å². The highest BCUT2D eigenvalue weighted by molar-refractivity contribution is 5.49. The first-order chi connectivity index (χ1) is 12.1. The smallest absolute Gasteiger partial charge is 0.158 e. The number of rotatable bonds is 7. The van der Waals surface area contributed by atoms with E-state index >= 15 is 0 Å². The van der Waals surface area contributed by atoms with Crippen molar-refractivity contribution in [2.45, 2.75) is 32.4 Å². The normalized spacial score (nSPS) is 12.3. The van der Waals surface area contributed by atoms with Gasteiger partial charge in [-0.15, -0.1) is 0 Å². The molecule has 0 saturated carbocycles. The van der Waals surface area contributed by atoms with Gasteiger partial charge < -0.3 is 14.4 Å². The van der Waals surface area contributed by atoms with E-state index in [0.717, 1.165) is 22.8 Å². The number of aromatic nitrogens is 3. The minimum atomic E-state index is -0.642. The molecule has 2 heterocycles. The molecule has 0 radical (unpaired) electrons. The van der Waals surface area contributed by atoms with E-state index in [2.05, 4.69) is 29.9 Å². The molecule has 3 rings (SSSR count). The maximum Gasteiger partial charge on any atom is 0.158 e. The molecule has 1 aromatic carbocycles. The van der Waals surface area contributed by atoms with Crippen LogP contribution in [0.5, 0.6) is 5.75 Å². The summed E-state index contributed by atoms with van der Waals surface area (Å²) in [6.45, 7) is 4.88. The van der Waals surface area contributed by atoms with Gasteiger partial charge in [0.05, 0.1) is 6.54 Å². The Bertz CT molecular complexity index is 799. The third-order valence-corrected chi connectivity index (χ3v) is 3.99. The van der Waals surface area contributed by atoms with E-state index in [9.17, 15) is 5.11 Å². The van der Waals surface area contributed by atoms with Gasteiger partial charge in [-0.1, -0.05) is 38.1 Å². The molecule has 0 bridgehead atoms. The average Bonchev–Trinajstić information content (AvgIpc) is 3.09. The number of nitrogens with zero attached hydrogens (tertiary/aromatic N) is 3. The van der Waals surface area contributed by atoms with Crippen LogP contribution in [0.25, 0.3) is 11.5 Å². The van der Waals surface area contributed by atoms with Gasteiger partial charge in [0.2, 0.25) is 0 Å². The molecule has 0 saturated heterocycles. The van der Waals surface area contributed by atoms with Crippen LogP contribution in [0.1, 0.15) is 25.3 Å². The van der Waals surface area contributed by atoms with Gasteiger partial charge >= 0.3 is 0 Å². The second-order valence-corrected chi connectivity index (χ2v) is 6.28. The number of aliphatic hydroxyl groups is 1. The third-order valence-electron chi connectivity index (χ3n) is 3.99. The lowest BCUT2D eigenvalue weighted by Gasteiger charge is -2.17. The zero-order valence-electron chi connectivity index (χ0n) is 14.5. The highest BCUT2D eigenvalue weighted by Gasteiger charge is 2.13. The predicted molar refractivity (Wildman–Crippen MR) is 97.5 cm³/mol.